The van der Waals surface area contributed by atoms with Gasteiger partial charge in [-0.15, -0.1) is 0 Å². The number of hydrogen-bond acceptors (Lipinski definition) is 4. The molecule has 0 saturated heterocycles. The quantitative estimate of drug-likeness (QED) is 0.135. The minimum absolute atomic E-state index is 0.207. The van der Waals surface area contributed by atoms with Crippen molar-refractivity contribution in [1.82, 2.24) is 0 Å². The molecule has 0 fully saturated rings. The maximum Gasteiger partial charge on any atom is 0.335 e. The third kappa shape index (κ3) is 6.59. The van der Waals surface area contributed by atoms with Gasteiger partial charge in [-0.25, -0.2) is 9.59 Å². The van der Waals surface area contributed by atoms with Crippen molar-refractivity contribution in [1.29, 1.82) is 0 Å². The summed E-state index contributed by atoms with van der Waals surface area (Å²) >= 11 is 0. The molecule has 9 rings (SSSR count). The molecule has 0 amide bonds. The highest BCUT2D eigenvalue weighted by molar-refractivity contribution is 6.25. The summed E-state index contributed by atoms with van der Waals surface area (Å²) in [5.74, 6) is -1.97. The molecule has 2 N–H and O–H groups in total. The molecule has 0 aromatic heterocycles. The number of carbonyl (C=O) groups is 2. The van der Waals surface area contributed by atoms with Gasteiger partial charge in [0.1, 0.15) is 0 Å². The second-order valence-electron chi connectivity index (χ2n) is 14.0. The molecule has 9 aromatic rings. The van der Waals surface area contributed by atoms with Crippen molar-refractivity contribution in [3.05, 3.63) is 217 Å². The Bertz CT molecular complexity index is 2880. The predicted molar refractivity (Wildman–Crippen MR) is 236 cm³/mol. The smallest absolute Gasteiger partial charge is 0.335 e. The Morgan fingerprint density at radius 2 is 0.690 bits per heavy atom. The third-order valence-corrected chi connectivity index (χ3v) is 10.5. The number of fused-ring (bicyclic) bond motifs is 2. The van der Waals surface area contributed by atoms with Crippen molar-refractivity contribution < 1.29 is 19.8 Å². The van der Waals surface area contributed by atoms with Crippen molar-refractivity contribution in [2.45, 2.75) is 0 Å². The average molecular weight is 753 g/mol. The van der Waals surface area contributed by atoms with Crippen LogP contribution < -0.4 is 9.80 Å². The third-order valence-electron chi connectivity index (χ3n) is 10.5. The van der Waals surface area contributed by atoms with E-state index >= 15 is 0 Å². The van der Waals surface area contributed by atoms with Gasteiger partial charge in [0.05, 0.1) is 16.8 Å². The highest BCUT2D eigenvalue weighted by Gasteiger charge is 2.24. The van der Waals surface area contributed by atoms with E-state index in [-0.39, 0.29) is 11.1 Å². The fourth-order valence-electron chi connectivity index (χ4n) is 7.92. The summed E-state index contributed by atoms with van der Waals surface area (Å²) in [7, 11) is 0. The van der Waals surface area contributed by atoms with Gasteiger partial charge < -0.3 is 20.0 Å². The number of aromatic carboxylic acids is 2. The van der Waals surface area contributed by atoms with E-state index in [0.717, 1.165) is 77.9 Å². The van der Waals surface area contributed by atoms with E-state index in [2.05, 4.69) is 101 Å². The number of carboxylic acids is 2. The molecule has 0 bridgehead atoms. The van der Waals surface area contributed by atoms with Crippen LogP contribution in [0.15, 0.2) is 206 Å². The molecule has 0 aliphatic rings. The fourth-order valence-corrected chi connectivity index (χ4v) is 7.92. The molecule has 0 saturated carbocycles. The lowest BCUT2D eigenvalue weighted by Gasteiger charge is -2.30. The Morgan fingerprint density at radius 3 is 1.16 bits per heavy atom. The van der Waals surface area contributed by atoms with Crippen LogP contribution in [-0.2, 0) is 0 Å². The highest BCUT2D eigenvalue weighted by atomic mass is 16.4. The molecule has 0 aliphatic heterocycles. The number of nitrogens with zero attached hydrogens (tertiary/aromatic N) is 2. The maximum absolute atomic E-state index is 12.0. The molecule has 0 atom stereocenters. The van der Waals surface area contributed by atoms with Gasteiger partial charge in [0.15, 0.2) is 0 Å². The zero-order valence-corrected chi connectivity index (χ0v) is 31.2. The van der Waals surface area contributed by atoms with Crippen LogP contribution in [0.5, 0.6) is 0 Å². The molecule has 0 aliphatic carbocycles. The van der Waals surface area contributed by atoms with Gasteiger partial charge in [-0.05, 0) is 129 Å². The summed E-state index contributed by atoms with van der Waals surface area (Å²) in [6.07, 6.45) is 0. The molecule has 278 valence electrons. The van der Waals surface area contributed by atoms with Crippen LogP contribution in [0, 0.1) is 0 Å². The second kappa shape index (κ2) is 15.3. The van der Waals surface area contributed by atoms with Crippen LogP contribution in [0.2, 0.25) is 0 Å². The molecule has 0 heterocycles. The van der Waals surface area contributed by atoms with Crippen molar-refractivity contribution in [3.63, 3.8) is 0 Å². The van der Waals surface area contributed by atoms with E-state index < -0.39 is 11.9 Å². The van der Waals surface area contributed by atoms with Gasteiger partial charge in [-0.2, -0.15) is 0 Å². The van der Waals surface area contributed by atoms with Gasteiger partial charge in [0, 0.05) is 33.8 Å². The first-order valence-corrected chi connectivity index (χ1v) is 19.0. The SMILES string of the molecule is O=C(O)c1ccc(-c2c3ccccc3c(-c3ccc(C(=O)O)cc3)c3c(N(c4ccccc4)c4ccc(N(c5ccccc5)c5ccccc5)cc4)cccc23)cc1. The number of para-hydroxylation sites is 3. The predicted octanol–water partition coefficient (Wildman–Crippen LogP) is 13.7. The highest BCUT2D eigenvalue weighted by Crippen LogP contribution is 2.50. The lowest BCUT2D eigenvalue weighted by atomic mass is 9.84. The van der Waals surface area contributed by atoms with Crippen LogP contribution in [0.4, 0.5) is 34.1 Å². The van der Waals surface area contributed by atoms with E-state index in [1.807, 2.05) is 91.0 Å². The van der Waals surface area contributed by atoms with Crippen LogP contribution in [0.1, 0.15) is 20.7 Å². The van der Waals surface area contributed by atoms with E-state index in [0.29, 0.717) is 0 Å². The van der Waals surface area contributed by atoms with Crippen LogP contribution in [0.3, 0.4) is 0 Å². The van der Waals surface area contributed by atoms with E-state index in [4.69, 9.17) is 0 Å². The number of anilines is 6. The molecule has 6 heteroatoms. The summed E-state index contributed by atoms with van der Waals surface area (Å²) in [6, 6.07) is 68.1. The molecule has 9 aromatic carbocycles. The van der Waals surface area contributed by atoms with E-state index in [1.54, 1.807) is 24.3 Å². The van der Waals surface area contributed by atoms with Crippen molar-refractivity contribution >= 4 is 67.6 Å². The number of hydrogen-bond donors (Lipinski definition) is 2. The standard InChI is InChI=1S/C52H36N2O4/c55-51(56)37-27-23-35(24-28-37)48-44-19-10-11-20-45(44)49(36-25-29-38(30-26-36)52(57)58)50-46(48)21-12-22-47(50)54(41-17-8-3-9-18-41)43-33-31-42(32-34-43)53(39-13-4-1-5-14-39)40-15-6-2-7-16-40/h1-34H,(H,55,56)(H,57,58). The van der Waals surface area contributed by atoms with Gasteiger partial charge >= 0.3 is 11.9 Å². The van der Waals surface area contributed by atoms with Crippen molar-refractivity contribution in [2.75, 3.05) is 9.80 Å². The first-order valence-electron chi connectivity index (χ1n) is 19.0. The maximum atomic E-state index is 12.0. The van der Waals surface area contributed by atoms with Gasteiger partial charge in [0.25, 0.3) is 0 Å². The Labute approximate surface area is 335 Å². The Hall–Kier alpha value is -7.96. The van der Waals surface area contributed by atoms with Gasteiger partial charge in [-0.1, -0.05) is 115 Å². The lowest BCUT2D eigenvalue weighted by molar-refractivity contribution is 0.0686. The number of rotatable bonds is 10. The molecular weight excluding hydrogens is 717 g/mol. The average Bonchev–Trinajstić information content (AvgIpc) is 3.27. The first-order chi connectivity index (χ1) is 28.5. The zero-order chi connectivity index (χ0) is 39.6. The van der Waals surface area contributed by atoms with E-state index in [9.17, 15) is 19.8 Å². The minimum Gasteiger partial charge on any atom is -0.478 e. The van der Waals surface area contributed by atoms with Crippen LogP contribution in [0.25, 0.3) is 43.8 Å². The van der Waals surface area contributed by atoms with E-state index in [1.165, 1.54) is 0 Å². The van der Waals surface area contributed by atoms with Crippen LogP contribution >= 0.6 is 0 Å². The minimum atomic E-state index is -0.987. The van der Waals surface area contributed by atoms with Crippen molar-refractivity contribution in [2.24, 2.45) is 0 Å². The zero-order valence-electron chi connectivity index (χ0n) is 31.2. The monoisotopic (exact) mass is 752 g/mol. The fraction of sp³-hybridized carbons (Fsp3) is 0. The second-order valence-corrected chi connectivity index (χ2v) is 14.0. The molecule has 58 heavy (non-hydrogen) atoms. The van der Waals surface area contributed by atoms with Gasteiger partial charge in [-0.3, -0.25) is 0 Å². The molecule has 0 radical (unpaired) electrons. The Morgan fingerprint density at radius 1 is 0.328 bits per heavy atom. The summed E-state index contributed by atoms with van der Waals surface area (Å²) in [4.78, 5) is 28.4. The summed E-state index contributed by atoms with van der Waals surface area (Å²) in [5, 5.41) is 23.4. The van der Waals surface area contributed by atoms with Crippen LogP contribution in [-0.4, -0.2) is 22.2 Å². The lowest BCUT2D eigenvalue weighted by Crippen LogP contribution is -2.12. The Balaban J connectivity index is 1.32. The molecule has 6 nitrogen and oxygen atoms in total. The summed E-state index contributed by atoms with van der Waals surface area (Å²) < 4.78 is 0. The number of benzene rings is 9. The molecule has 0 unspecified atom stereocenters. The molecule has 0 spiro atoms. The first kappa shape index (κ1) is 35.7. The summed E-state index contributed by atoms with van der Waals surface area (Å²) in [6.45, 7) is 0. The largest absolute Gasteiger partial charge is 0.478 e. The normalized spacial score (nSPS) is 11.0. The number of carboxylic acid groups (broad SMARTS) is 2. The molecular formula is C52H36N2O4. The van der Waals surface area contributed by atoms with Crippen molar-refractivity contribution in [3.8, 4) is 22.3 Å². The Kier molecular flexibility index (Phi) is 9.42. The summed E-state index contributed by atoms with van der Waals surface area (Å²) in [5.41, 5.74) is 10.0. The van der Waals surface area contributed by atoms with Gasteiger partial charge in [0.2, 0.25) is 0 Å². The topological polar surface area (TPSA) is 81.1 Å².